The monoisotopic (exact) mass is 400 g/mol. The normalized spacial score (nSPS) is 11.0. The van der Waals surface area contributed by atoms with Gasteiger partial charge in [-0.1, -0.05) is 23.7 Å². The first kappa shape index (κ1) is 17.6. The number of amides is 1. The molecule has 0 fully saturated rings. The van der Waals surface area contributed by atoms with Crippen molar-refractivity contribution in [1.82, 2.24) is 19.9 Å². The third-order valence-electron chi connectivity index (χ3n) is 4.04. The number of hydrogen-bond acceptors (Lipinski definition) is 4. The Morgan fingerprint density at radius 2 is 1.96 bits per heavy atom. The summed E-state index contributed by atoms with van der Waals surface area (Å²) < 4.78 is 14.8. The molecule has 2 heterocycles. The summed E-state index contributed by atoms with van der Waals surface area (Å²) in [6.07, 6.45) is 0.600. The number of benzene rings is 2. The molecule has 1 amide bonds. The molecule has 2 aromatic heterocycles. The van der Waals surface area contributed by atoms with E-state index in [0.717, 1.165) is 16.2 Å². The number of nitrogens with one attached hydrogen (secondary N) is 1. The summed E-state index contributed by atoms with van der Waals surface area (Å²) in [4.78, 5) is 17.4. The Labute approximate surface area is 163 Å². The van der Waals surface area contributed by atoms with E-state index in [1.165, 1.54) is 23.5 Å². The minimum Gasteiger partial charge on any atom is -0.352 e. The van der Waals surface area contributed by atoms with Crippen LogP contribution in [0, 0.1) is 5.82 Å². The predicted octanol–water partition coefficient (Wildman–Crippen LogP) is 4.22. The van der Waals surface area contributed by atoms with Crippen molar-refractivity contribution in [1.29, 1.82) is 0 Å². The molecule has 0 bridgehead atoms. The number of rotatable bonds is 5. The zero-order valence-corrected chi connectivity index (χ0v) is 15.6. The first-order valence-corrected chi connectivity index (χ1v) is 9.49. The van der Waals surface area contributed by atoms with Crippen LogP contribution in [0.3, 0.4) is 0 Å². The molecular formula is C19H14ClFN4OS. The Morgan fingerprint density at radius 3 is 2.74 bits per heavy atom. The minimum atomic E-state index is -0.297. The minimum absolute atomic E-state index is 0.210. The van der Waals surface area contributed by atoms with E-state index in [1.54, 1.807) is 40.9 Å². The Morgan fingerprint density at radius 1 is 1.19 bits per heavy atom. The van der Waals surface area contributed by atoms with Crippen LogP contribution in [0.25, 0.3) is 16.3 Å². The van der Waals surface area contributed by atoms with Crippen molar-refractivity contribution in [3.63, 3.8) is 0 Å². The van der Waals surface area contributed by atoms with Crippen LogP contribution >= 0.6 is 22.9 Å². The smallest absolute Gasteiger partial charge is 0.252 e. The third-order valence-corrected chi connectivity index (χ3v) is 5.23. The molecule has 0 unspecified atom stereocenters. The highest BCUT2D eigenvalue weighted by Crippen LogP contribution is 2.21. The van der Waals surface area contributed by atoms with E-state index < -0.39 is 0 Å². The second-order valence-electron chi connectivity index (χ2n) is 5.85. The molecule has 0 aliphatic heterocycles. The molecule has 0 spiro atoms. The van der Waals surface area contributed by atoms with Crippen LogP contribution in [0.4, 0.5) is 4.39 Å². The highest BCUT2D eigenvalue weighted by Gasteiger charge is 2.13. The SMILES string of the molecule is O=C(NCCc1csc2nc(-c3ccc(F)cc3)nn12)c1ccccc1Cl. The zero-order chi connectivity index (χ0) is 18.8. The highest BCUT2D eigenvalue weighted by molar-refractivity contribution is 7.15. The van der Waals surface area contributed by atoms with Gasteiger partial charge in [0.05, 0.1) is 16.3 Å². The van der Waals surface area contributed by atoms with Gasteiger partial charge in [-0.15, -0.1) is 16.4 Å². The standard InChI is InChI=1S/C19H14ClFN4OS/c20-16-4-2-1-3-15(16)18(26)22-10-9-14-11-27-19-23-17(24-25(14)19)12-5-7-13(21)8-6-12/h1-8,11H,9-10H2,(H,22,26). The second-order valence-corrected chi connectivity index (χ2v) is 7.09. The number of halogens is 2. The number of fused-ring (bicyclic) bond motifs is 1. The van der Waals surface area contributed by atoms with Crippen LogP contribution in [0.2, 0.25) is 5.02 Å². The van der Waals surface area contributed by atoms with E-state index in [1.807, 2.05) is 5.38 Å². The van der Waals surface area contributed by atoms with E-state index in [2.05, 4.69) is 15.4 Å². The van der Waals surface area contributed by atoms with E-state index in [9.17, 15) is 9.18 Å². The van der Waals surface area contributed by atoms with Gasteiger partial charge in [-0.05, 0) is 36.4 Å². The van der Waals surface area contributed by atoms with Crippen molar-refractivity contribution in [2.24, 2.45) is 0 Å². The number of carbonyl (C=O) groups is 1. The molecule has 27 heavy (non-hydrogen) atoms. The maximum absolute atomic E-state index is 13.1. The fourth-order valence-corrected chi connectivity index (χ4v) is 3.74. The van der Waals surface area contributed by atoms with Crippen LogP contribution in [0.1, 0.15) is 16.1 Å². The molecule has 0 atom stereocenters. The maximum atomic E-state index is 13.1. The van der Waals surface area contributed by atoms with Crippen molar-refractivity contribution < 1.29 is 9.18 Å². The van der Waals surface area contributed by atoms with Gasteiger partial charge in [0.25, 0.3) is 5.91 Å². The molecule has 0 radical (unpaired) electrons. The quantitative estimate of drug-likeness (QED) is 0.545. The first-order valence-electron chi connectivity index (χ1n) is 8.23. The van der Waals surface area contributed by atoms with Gasteiger partial charge in [0.1, 0.15) is 5.82 Å². The number of thiazole rings is 1. The lowest BCUT2D eigenvalue weighted by Gasteiger charge is -2.06. The maximum Gasteiger partial charge on any atom is 0.252 e. The van der Waals surface area contributed by atoms with Crippen molar-refractivity contribution in [3.8, 4) is 11.4 Å². The average Bonchev–Trinajstić information content (AvgIpc) is 3.24. The fraction of sp³-hybridized carbons (Fsp3) is 0.105. The summed E-state index contributed by atoms with van der Waals surface area (Å²) in [6.45, 7) is 0.446. The van der Waals surface area contributed by atoms with Crippen molar-refractivity contribution in [2.45, 2.75) is 6.42 Å². The average molecular weight is 401 g/mol. The third kappa shape index (κ3) is 3.70. The van der Waals surface area contributed by atoms with Gasteiger partial charge >= 0.3 is 0 Å². The molecule has 0 saturated carbocycles. The predicted molar refractivity (Wildman–Crippen MR) is 104 cm³/mol. The van der Waals surface area contributed by atoms with Gasteiger partial charge in [0.15, 0.2) is 5.82 Å². The summed E-state index contributed by atoms with van der Waals surface area (Å²) in [5.41, 5.74) is 2.15. The van der Waals surface area contributed by atoms with E-state index in [0.29, 0.717) is 29.4 Å². The van der Waals surface area contributed by atoms with Crippen LogP contribution in [-0.2, 0) is 6.42 Å². The Hall–Kier alpha value is -2.77. The Bertz CT molecular complexity index is 1110. The topological polar surface area (TPSA) is 59.3 Å². The lowest BCUT2D eigenvalue weighted by Crippen LogP contribution is -2.26. The van der Waals surface area contributed by atoms with Crippen molar-refractivity contribution in [2.75, 3.05) is 6.54 Å². The van der Waals surface area contributed by atoms with Gasteiger partial charge in [0, 0.05) is 23.9 Å². The number of aromatic nitrogens is 3. The van der Waals surface area contributed by atoms with Crippen molar-refractivity contribution >= 4 is 33.8 Å². The summed E-state index contributed by atoms with van der Waals surface area (Å²) >= 11 is 7.51. The molecule has 136 valence electrons. The lowest BCUT2D eigenvalue weighted by atomic mass is 10.2. The van der Waals surface area contributed by atoms with Gasteiger partial charge < -0.3 is 5.32 Å². The number of nitrogens with zero attached hydrogens (tertiary/aromatic N) is 3. The summed E-state index contributed by atoms with van der Waals surface area (Å²) in [7, 11) is 0. The molecule has 1 N–H and O–H groups in total. The Balaban J connectivity index is 1.46. The second kappa shape index (κ2) is 7.46. The molecule has 4 rings (SSSR count). The molecule has 5 nitrogen and oxygen atoms in total. The number of carbonyl (C=O) groups excluding carboxylic acids is 1. The lowest BCUT2D eigenvalue weighted by molar-refractivity contribution is 0.0954. The molecule has 0 aliphatic carbocycles. The van der Waals surface area contributed by atoms with E-state index in [4.69, 9.17) is 11.6 Å². The van der Waals surface area contributed by atoms with E-state index >= 15 is 0 Å². The molecule has 8 heteroatoms. The largest absolute Gasteiger partial charge is 0.352 e. The van der Waals surface area contributed by atoms with Gasteiger partial charge in [0.2, 0.25) is 4.96 Å². The molecule has 4 aromatic rings. The van der Waals surface area contributed by atoms with Gasteiger partial charge in [-0.3, -0.25) is 4.79 Å². The summed E-state index contributed by atoms with van der Waals surface area (Å²) in [5.74, 6) is 0.0376. The molecule has 2 aromatic carbocycles. The molecule has 0 saturated heterocycles. The van der Waals surface area contributed by atoms with Gasteiger partial charge in [-0.2, -0.15) is 4.98 Å². The summed E-state index contributed by atoms with van der Waals surface area (Å²) in [5, 5.41) is 9.76. The van der Waals surface area contributed by atoms with Crippen LogP contribution in [-0.4, -0.2) is 27.0 Å². The zero-order valence-electron chi connectivity index (χ0n) is 14.0. The first-order chi connectivity index (χ1) is 13.1. The van der Waals surface area contributed by atoms with E-state index in [-0.39, 0.29) is 11.7 Å². The summed E-state index contributed by atoms with van der Waals surface area (Å²) in [6, 6.07) is 13.0. The van der Waals surface area contributed by atoms with Crippen LogP contribution in [0.5, 0.6) is 0 Å². The van der Waals surface area contributed by atoms with Gasteiger partial charge in [-0.25, -0.2) is 8.91 Å². The number of hydrogen-bond donors (Lipinski definition) is 1. The van der Waals surface area contributed by atoms with Crippen LogP contribution < -0.4 is 5.32 Å². The molecule has 0 aliphatic rings. The van der Waals surface area contributed by atoms with Crippen molar-refractivity contribution in [3.05, 3.63) is 76.0 Å². The molecular weight excluding hydrogens is 387 g/mol. The fourth-order valence-electron chi connectivity index (χ4n) is 2.66. The van der Waals surface area contributed by atoms with Crippen LogP contribution in [0.15, 0.2) is 53.9 Å². The Kier molecular flexibility index (Phi) is 4.87. The highest BCUT2D eigenvalue weighted by atomic mass is 35.5.